The van der Waals surface area contributed by atoms with Gasteiger partial charge < -0.3 is 30.6 Å². The highest BCUT2D eigenvalue weighted by Gasteiger charge is 2.57. The molecule has 1 aliphatic heterocycles. The van der Waals surface area contributed by atoms with Crippen LogP contribution in [0.15, 0.2) is 0 Å². The first-order valence-corrected chi connectivity index (χ1v) is 9.25. The van der Waals surface area contributed by atoms with Gasteiger partial charge in [0.05, 0.1) is 19.8 Å². The van der Waals surface area contributed by atoms with E-state index in [9.17, 15) is 34.0 Å². The minimum atomic E-state index is -4.89. The van der Waals surface area contributed by atoms with E-state index in [1.54, 1.807) is 0 Å². The Morgan fingerprint density at radius 2 is 1.50 bits per heavy atom. The second-order valence-corrected chi connectivity index (χ2v) is 8.40. The van der Waals surface area contributed by atoms with Gasteiger partial charge in [-0.05, 0) is 0 Å². The normalized spacial score (nSPS) is 35.5. The number of aliphatic hydroxyl groups excluding tert-OH is 6. The smallest absolute Gasteiger partial charge is 0.394 e. The first kappa shape index (κ1) is 20.0. The SMILES string of the molecule is O=S(=O)(O)O[C@H](CO)[C@@H](O)C[S+]1[C@@H](CO)[C@@H](O)[C@H](O)[C@@H]1CO. The predicted octanol–water partition coefficient (Wildman–Crippen LogP) is -4.40. The predicted molar refractivity (Wildman–Crippen MR) is 75.5 cm³/mol. The van der Waals surface area contributed by atoms with Crippen molar-refractivity contribution < 1.29 is 47.8 Å². The molecule has 0 amide bonds. The fraction of sp³-hybridized carbons (Fsp3) is 1.00. The molecule has 0 aromatic rings. The summed E-state index contributed by atoms with van der Waals surface area (Å²) in [6.07, 6.45) is -5.80. The highest BCUT2D eigenvalue weighted by molar-refractivity contribution is 7.98. The lowest BCUT2D eigenvalue weighted by molar-refractivity contribution is 0.0112. The molecule has 0 aromatic carbocycles. The highest BCUT2D eigenvalue weighted by Crippen LogP contribution is 2.31. The molecule has 1 rings (SSSR count). The highest BCUT2D eigenvalue weighted by atomic mass is 32.3. The summed E-state index contributed by atoms with van der Waals surface area (Å²) in [5.74, 6) is -0.245. The number of hydrogen-bond acceptors (Lipinski definition) is 9. The fourth-order valence-corrected chi connectivity index (χ4v) is 5.83. The summed E-state index contributed by atoms with van der Waals surface area (Å²) in [7, 11) is -5.95. The van der Waals surface area contributed by atoms with Crippen molar-refractivity contribution in [2.75, 3.05) is 25.6 Å². The molecule has 6 atom stereocenters. The Balaban J connectivity index is 2.84. The molecular formula is C10H21O10S2+. The van der Waals surface area contributed by atoms with Gasteiger partial charge in [-0.2, -0.15) is 8.42 Å². The summed E-state index contributed by atoms with van der Waals surface area (Å²) in [4.78, 5) is 0. The summed E-state index contributed by atoms with van der Waals surface area (Å²) in [6, 6.07) is 0. The van der Waals surface area contributed by atoms with Gasteiger partial charge in [0, 0.05) is 10.9 Å². The van der Waals surface area contributed by atoms with Gasteiger partial charge in [0.15, 0.2) is 10.5 Å². The maximum absolute atomic E-state index is 10.6. The standard InChI is InChI=1S/C10H20O10S2/c11-1-6(20-22(17,18)19)5(14)4-21-7(2-12)9(15)10(16)8(21)3-13/h5-16H,1-4H2/p+1/t5-,6+,7-,8-,9+,10+/m0/s1. The van der Waals surface area contributed by atoms with Crippen molar-refractivity contribution in [3.8, 4) is 0 Å². The summed E-state index contributed by atoms with van der Waals surface area (Å²) < 4.78 is 34.0. The summed E-state index contributed by atoms with van der Waals surface area (Å²) in [6.45, 7) is -1.92. The van der Waals surface area contributed by atoms with Crippen LogP contribution < -0.4 is 0 Å². The van der Waals surface area contributed by atoms with Crippen molar-refractivity contribution in [3.05, 3.63) is 0 Å². The average Bonchev–Trinajstić information content (AvgIpc) is 2.66. The van der Waals surface area contributed by atoms with Crippen LogP contribution in [0.4, 0.5) is 0 Å². The molecule has 12 heteroatoms. The van der Waals surface area contributed by atoms with Crippen molar-refractivity contribution in [2.24, 2.45) is 0 Å². The Kier molecular flexibility index (Phi) is 7.45. The van der Waals surface area contributed by atoms with E-state index in [0.717, 1.165) is 0 Å². The van der Waals surface area contributed by atoms with E-state index >= 15 is 0 Å². The first-order chi connectivity index (χ1) is 10.2. The van der Waals surface area contributed by atoms with Crippen LogP contribution in [0.5, 0.6) is 0 Å². The molecule has 0 aliphatic carbocycles. The molecule has 1 aliphatic rings. The first-order valence-electron chi connectivity index (χ1n) is 6.37. The second kappa shape index (κ2) is 8.19. The molecule has 0 radical (unpaired) electrons. The summed E-state index contributed by atoms with van der Waals surface area (Å²) in [5.41, 5.74) is 0. The Labute approximate surface area is 130 Å². The van der Waals surface area contributed by atoms with Crippen LogP contribution in [0.2, 0.25) is 0 Å². The molecule has 10 nitrogen and oxygen atoms in total. The van der Waals surface area contributed by atoms with Gasteiger partial charge in [0.1, 0.15) is 30.2 Å². The van der Waals surface area contributed by atoms with Crippen molar-refractivity contribution in [2.45, 2.75) is 34.9 Å². The zero-order valence-electron chi connectivity index (χ0n) is 11.5. The minimum absolute atomic E-state index is 0.245. The van der Waals surface area contributed by atoms with Gasteiger partial charge in [-0.3, -0.25) is 4.55 Å². The zero-order valence-corrected chi connectivity index (χ0v) is 13.1. The van der Waals surface area contributed by atoms with Crippen LogP contribution >= 0.6 is 0 Å². The molecule has 1 heterocycles. The Morgan fingerprint density at radius 1 is 1.05 bits per heavy atom. The van der Waals surface area contributed by atoms with E-state index in [2.05, 4.69) is 4.18 Å². The monoisotopic (exact) mass is 365 g/mol. The van der Waals surface area contributed by atoms with E-state index in [1.807, 2.05) is 0 Å². The van der Waals surface area contributed by atoms with Crippen LogP contribution in [0.1, 0.15) is 0 Å². The second-order valence-electron chi connectivity index (χ2n) is 4.87. The van der Waals surface area contributed by atoms with Crippen LogP contribution in [0.25, 0.3) is 0 Å². The van der Waals surface area contributed by atoms with Crippen molar-refractivity contribution in [1.82, 2.24) is 0 Å². The number of rotatable bonds is 8. The van der Waals surface area contributed by atoms with E-state index < -0.39 is 76.0 Å². The van der Waals surface area contributed by atoms with E-state index in [1.165, 1.54) is 0 Å². The molecule has 22 heavy (non-hydrogen) atoms. The molecule has 0 spiro atoms. The molecule has 132 valence electrons. The van der Waals surface area contributed by atoms with Crippen molar-refractivity contribution in [1.29, 1.82) is 0 Å². The Morgan fingerprint density at radius 3 is 1.82 bits per heavy atom. The third-order valence-corrected chi connectivity index (χ3v) is 7.10. The molecule has 1 fully saturated rings. The van der Waals surface area contributed by atoms with Gasteiger partial charge in [-0.1, -0.05) is 0 Å². The maximum atomic E-state index is 10.6. The van der Waals surface area contributed by atoms with Crippen molar-refractivity contribution in [3.63, 3.8) is 0 Å². The minimum Gasteiger partial charge on any atom is -0.394 e. The molecule has 0 unspecified atom stereocenters. The largest absolute Gasteiger partial charge is 0.397 e. The van der Waals surface area contributed by atoms with Crippen LogP contribution in [-0.4, -0.2) is 104 Å². The van der Waals surface area contributed by atoms with E-state index in [0.29, 0.717) is 0 Å². The summed E-state index contributed by atoms with van der Waals surface area (Å²) >= 11 is 0. The van der Waals surface area contributed by atoms with Gasteiger partial charge in [-0.15, -0.1) is 0 Å². The Bertz CT molecular complexity index is 427. The van der Waals surface area contributed by atoms with Gasteiger partial charge in [0.25, 0.3) is 0 Å². The number of hydrogen-bond donors (Lipinski definition) is 7. The maximum Gasteiger partial charge on any atom is 0.397 e. The lowest BCUT2D eigenvalue weighted by atomic mass is 10.1. The number of aliphatic hydroxyl groups is 6. The topological polar surface area (TPSA) is 185 Å². The third-order valence-electron chi connectivity index (χ3n) is 3.47. The van der Waals surface area contributed by atoms with Gasteiger partial charge >= 0.3 is 10.4 Å². The summed E-state index contributed by atoms with van der Waals surface area (Å²) in [5, 5.41) is 55.6. The van der Waals surface area contributed by atoms with Gasteiger partial charge in [0.2, 0.25) is 0 Å². The molecule has 7 N–H and O–H groups in total. The zero-order chi connectivity index (χ0) is 17.1. The molecular weight excluding hydrogens is 344 g/mol. The van der Waals surface area contributed by atoms with E-state index in [4.69, 9.17) is 9.66 Å². The fourth-order valence-electron chi connectivity index (χ4n) is 2.35. The lowest BCUT2D eigenvalue weighted by Crippen LogP contribution is -2.44. The van der Waals surface area contributed by atoms with Crippen LogP contribution in [0, 0.1) is 0 Å². The molecule has 1 saturated heterocycles. The molecule has 0 saturated carbocycles. The molecule has 0 aromatic heterocycles. The lowest BCUT2D eigenvalue weighted by Gasteiger charge is -2.22. The third kappa shape index (κ3) is 4.74. The van der Waals surface area contributed by atoms with Crippen LogP contribution in [0.3, 0.4) is 0 Å². The Hall–Kier alpha value is -0.0200. The van der Waals surface area contributed by atoms with Crippen molar-refractivity contribution >= 4 is 21.3 Å². The molecule has 0 bridgehead atoms. The quantitative estimate of drug-likeness (QED) is 0.164. The van der Waals surface area contributed by atoms with Crippen LogP contribution in [-0.2, 0) is 25.5 Å². The van der Waals surface area contributed by atoms with E-state index in [-0.39, 0.29) is 5.75 Å². The van der Waals surface area contributed by atoms with Gasteiger partial charge in [-0.25, -0.2) is 4.18 Å². The average molecular weight is 365 g/mol.